The summed E-state index contributed by atoms with van der Waals surface area (Å²) in [6.07, 6.45) is 1.01. The molecule has 0 saturated heterocycles. The van der Waals surface area contributed by atoms with Crippen LogP contribution in [0.2, 0.25) is 0 Å². The molecule has 0 aliphatic rings. The van der Waals surface area contributed by atoms with Gasteiger partial charge in [0.25, 0.3) is 0 Å². The van der Waals surface area contributed by atoms with Crippen molar-refractivity contribution in [3.05, 3.63) is 0 Å². The van der Waals surface area contributed by atoms with Gasteiger partial charge in [0.2, 0.25) is 0 Å². The van der Waals surface area contributed by atoms with E-state index >= 15 is 0 Å². The summed E-state index contributed by atoms with van der Waals surface area (Å²) in [6.45, 7) is 9.68. The number of hydrogen-bond donors (Lipinski definition) is 2. The molecule has 0 aromatic carbocycles. The first kappa shape index (κ1) is 16.2. The number of hydrogen-bond acceptors (Lipinski definition) is 3. The van der Waals surface area contributed by atoms with Crippen molar-refractivity contribution in [2.75, 3.05) is 40.4 Å². The lowest BCUT2D eigenvalue weighted by atomic mass is 10.1. The lowest BCUT2D eigenvalue weighted by molar-refractivity contribution is 0.161. The van der Waals surface area contributed by atoms with Crippen LogP contribution >= 0.6 is 0 Å². The number of nitrogens with one attached hydrogen (secondary N) is 1. The summed E-state index contributed by atoms with van der Waals surface area (Å²) in [7, 11) is 3.80. The first-order valence-corrected chi connectivity index (χ1v) is 6.11. The van der Waals surface area contributed by atoms with Crippen LogP contribution in [0.1, 0.15) is 27.2 Å². The third-order valence-corrected chi connectivity index (χ3v) is 2.16. The molecule has 0 heterocycles. The zero-order valence-corrected chi connectivity index (χ0v) is 11.9. The van der Waals surface area contributed by atoms with E-state index in [1.165, 1.54) is 0 Å². The Bertz CT molecular complexity index is 223. The molecule has 5 nitrogen and oxygen atoms in total. The molecule has 5 heteroatoms. The van der Waals surface area contributed by atoms with Gasteiger partial charge in [0.05, 0.1) is 6.61 Å². The minimum Gasteiger partial charge on any atom is -0.383 e. The van der Waals surface area contributed by atoms with E-state index in [0.29, 0.717) is 5.96 Å². The standard InChI is InChI=1S/C12H28N4O/c1-12(2,3)15-11(13)14-7-6-8-16(4)9-10-17-5/h6-10H2,1-5H3,(H3,13,14,15). The number of guanidine groups is 1. The van der Waals surface area contributed by atoms with Gasteiger partial charge in [-0.25, -0.2) is 0 Å². The summed E-state index contributed by atoms with van der Waals surface area (Å²) in [5, 5.41) is 3.14. The summed E-state index contributed by atoms with van der Waals surface area (Å²) in [5.74, 6) is 0.525. The second-order valence-corrected chi connectivity index (χ2v) is 5.29. The Labute approximate surface area is 105 Å². The molecule has 0 atom stereocenters. The van der Waals surface area contributed by atoms with Crippen LogP contribution in [0.4, 0.5) is 0 Å². The van der Waals surface area contributed by atoms with Crippen molar-refractivity contribution < 1.29 is 4.74 Å². The Morgan fingerprint density at radius 3 is 2.53 bits per heavy atom. The quantitative estimate of drug-likeness (QED) is 0.392. The summed E-state index contributed by atoms with van der Waals surface area (Å²) in [5.41, 5.74) is 5.74. The number of nitrogens with two attached hydrogens (primary N) is 1. The third-order valence-electron chi connectivity index (χ3n) is 2.16. The lowest BCUT2D eigenvalue weighted by Gasteiger charge is -2.21. The number of likely N-dealkylation sites (N-methyl/N-ethyl adjacent to an activating group) is 1. The average Bonchev–Trinajstić information content (AvgIpc) is 2.19. The Kier molecular flexibility index (Phi) is 7.91. The normalized spacial score (nSPS) is 13.2. The van der Waals surface area contributed by atoms with Crippen molar-refractivity contribution in [3.63, 3.8) is 0 Å². The van der Waals surface area contributed by atoms with Crippen LogP contribution in [-0.2, 0) is 4.74 Å². The molecule has 0 radical (unpaired) electrons. The Morgan fingerprint density at radius 2 is 2.00 bits per heavy atom. The molecule has 102 valence electrons. The molecular weight excluding hydrogens is 216 g/mol. The predicted molar refractivity (Wildman–Crippen MR) is 73.4 cm³/mol. The highest BCUT2D eigenvalue weighted by Crippen LogP contribution is 1.97. The highest BCUT2D eigenvalue weighted by molar-refractivity contribution is 5.78. The molecule has 0 aromatic rings. The van der Waals surface area contributed by atoms with Gasteiger partial charge in [0, 0.05) is 25.7 Å². The maximum absolute atomic E-state index is 5.76. The Hall–Kier alpha value is -0.810. The molecule has 0 amide bonds. The van der Waals surface area contributed by atoms with E-state index in [1.54, 1.807) is 7.11 Å². The van der Waals surface area contributed by atoms with Crippen LogP contribution in [0.15, 0.2) is 4.99 Å². The summed E-state index contributed by atoms with van der Waals surface area (Å²) < 4.78 is 5.01. The minimum absolute atomic E-state index is 0.0250. The van der Waals surface area contributed by atoms with Gasteiger partial charge < -0.3 is 20.7 Å². The second-order valence-electron chi connectivity index (χ2n) is 5.29. The fraction of sp³-hybridized carbons (Fsp3) is 0.917. The Morgan fingerprint density at radius 1 is 1.35 bits per heavy atom. The van der Waals surface area contributed by atoms with Crippen molar-refractivity contribution in [1.82, 2.24) is 10.2 Å². The molecule has 0 spiro atoms. The number of aliphatic imine (C=N–C) groups is 1. The topological polar surface area (TPSA) is 62.9 Å². The van der Waals surface area contributed by atoms with Gasteiger partial charge in [-0.05, 0) is 40.8 Å². The maximum Gasteiger partial charge on any atom is 0.188 e. The van der Waals surface area contributed by atoms with Crippen LogP contribution in [0, 0.1) is 0 Å². The van der Waals surface area contributed by atoms with Crippen molar-refractivity contribution in [1.29, 1.82) is 0 Å². The molecule has 0 unspecified atom stereocenters. The van der Waals surface area contributed by atoms with Gasteiger partial charge >= 0.3 is 0 Å². The molecule has 0 aliphatic carbocycles. The Balaban J connectivity index is 3.65. The number of nitrogens with zero attached hydrogens (tertiary/aromatic N) is 2. The highest BCUT2D eigenvalue weighted by Gasteiger charge is 2.09. The fourth-order valence-electron chi connectivity index (χ4n) is 1.32. The van der Waals surface area contributed by atoms with Crippen molar-refractivity contribution in [2.24, 2.45) is 10.7 Å². The van der Waals surface area contributed by atoms with Gasteiger partial charge in [0.1, 0.15) is 0 Å². The highest BCUT2D eigenvalue weighted by atomic mass is 16.5. The molecule has 0 rings (SSSR count). The number of ether oxygens (including phenoxy) is 1. The molecular formula is C12H28N4O. The van der Waals surface area contributed by atoms with Crippen molar-refractivity contribution in [3.8, 4) is 0 Å². The fourth-order valence-corrected chi connectivity index (χ4v) is 1.32. The van der Waals surface area contributed by atoms with Crippen LogP contribution in [-0.4, -0.2) is 56.8 Å². The van der Waals surface area contributed by atoms with Crippen LogP contribution in [0.25, 0.3) is 0 Å². The summed E-state index contributed by atoms with van der Waals surface area (Å²) >= 11 is 0. The monoisotopic (exact) mass is 244 g/mol. The zero-order valence-electron chi connectivity index (χ0n) is 11.9. The van der Waals surface area contributed by atoms with Gasteiger partial charge in [-0.15, -0.1) is 0 Å². The largest absolute Gasteiger partial charge is 0.383 e. The minimum atomic E-state index is -0.0250. The molecule has 0 aromatic heterocycles. The van der Waals surface area contributed by atoms with E-state index in [0.717, 1.165) is 32.7 Å². The molecule has 3 N–H and O–H groups in total. The lowest BCUT2D eigenvalue weighted by Crippen LogP contribution is -2.45. The first-order valence-electron chi connectivity index (χ1n) is 6.11. The predicted octanol–water partition coefficient (Wildman–Crippen LogP) is 0.658. The van der Waals surface area contributed by atoms with E-state index < -0.39 is 0 Å². The van der Waals surface area contributed by atoms with Crippen LogP contribution in [0.3, 0.4) is 0 Å². The molecule has 17 heavy (non-hydrogen) atoms. The smallest absolute Gasteiger partial charge is 0.188 e. The zero-order chi connectivity index (χ0) is 13.3. The molecule has 0 fully saturated rings. The van der Waals surface area contributed by atoms with E-state index in [4.69, 9.17) is 10.5 Å². The SMILES string of the molecule is COCCN(C)CCCN=C(N)NC(C)(C)C. The van der Waals surface area contributed by atoms with Gasteiger partial charge in [-0.1, -0.05) is 0 Å². The van der Waals surface area contributed by atoms with E-state index in [2.05, 4.69) is 43.0 Å². The first-order chi connectivity index (χ1) is 7.85. The third kappa shape index (κ3) is 11.5. The number of rotatable bonds is 7. The maximum atomic E-state index is 5.76. The molecule has 0 aliphatic heterocycles. The van der Waals surface area contributed by atoms with Crippen LogP contribution in [0.5, 0.6) is 0 Å². The van der Waals surface area contributed by atoms with E-state index in [-0.39, 0.29) is 5.54 Å². The van der Waals surface area contributed by atoms with Crippen molar-refractivity contribution in [2.45, 2.75) is 32.7 Å². The van der Waals surface area contributed by atoms with Gasteiger partial charge in [-0.2, -0.15) is 0 Å². The van der Waals surface area contributed by atoms with Gasteiger partial charge in [-0.3, -0.25) is 4.99 Å². The number of methoxy groups -OCH3 is 1. The second kappa shape index (κ2) is 8.31. The van der Waals surface area contributed by atoms with Gasteiger partial charge in [0.15, 0.2) is 5.96 Å². The van der Waals surface area contributed by atoms with Crippen molar-refractivity contribution >= 4 is 5.96 Å². The average molecular weight is 244 g/mol. The van der Waals surface area contributed by atoms with E-state index in [1.807, 2.05) is 0 Å². The molecule has 0 bridgehead atoms. The molecule has 0 saturated carbocycles. The van der Waals surface area contributed by atoms with Crippen LogP contribution < -0.4 is 11.1 Å². The summed E-state index contributed by atoms with van der Waals surface area (Å²) in [4.78, 5) is 6.52. The van der Waals surface area contributed by atoms with E-state index in [9.17, 15) is 0 Å². The summed E-state index contributed by atoms with van der Waals surface area (Å²) in [6, 6.07) is 0.